The first-order valence-corrected chi connectivity index (χ1v) is 5.98. The van der Waals surface area contributed by atoms with Crippen molar-refractivity contribution >= 4 is 17.4 Å². The molecule has 0 bridgehead atoms. The number of pyridine rings is 1. The van der Waals surface area contributed by atoms with Gasteiger partial charge in [-0.05, 0) is 36.8 Å². The summed E-state index contributed by atoms with van der Waals surface area (Å²) < 4.78 is 0. The maximum atomic E-state index is 11.8. The molecule has 0 aliphatic rings. The van der Waals surface area contributed by atoms with Crippen LogP contribution in [0.1, 0.15) is 18.5 Å². The Balaban J connectivity index is 1.95. The quantitative estimate of drug-likeness (QED) is 0.738. The Morgan fingerprint density at radius 1 is 1.32 bits per heavy atom. The fourth-order valence-electron chi connectivity index (χ4n) is 1.70. The van der Waals surface area contributed by atoms with Gasteiger partial charge in [-0.3, -0.25) is 4.98 Å². The van der Waals surface area contributed by atoms with E-state index in [0.717, 1.165) is 5.56 Å². The SMILES string of the molecule is CC(NC(=O)Nc1cccc(N)c1)c1cccnc1. The summed E-state index contributed by atoms with van der Waals surface area (Å²) in [5, 5.41) is 5.57. The first-order chi connectivity index (χ1) is 9.15. The number of aromatic nitrogens is 1. The molecule has 5 nitrogen and oxygen atoms in total. The van der Waals surface area contributed by atoms with Crippen LogP contribution < -0.4 is 16.4 Å². The molecule has 0 aliphatic carbocycles. The van der Waals surface area contributed by atoms with Gasteiger partial charge in [-0.1, -0.05) is 12.1 Å². The molecule has 0 saturated heterocycles. The number of hydrogen-bond acceptors (Lipinski definition) is 3. The van der Waals surface area contributed by atoms with Crippen LogP contribution >= 0.6 is 0 Å². The summed E-state index contributed by atoms with van der Waals surface area (Å²) in [6, 6.07) is 10.4. The zero-order valence-electron chi connectivity index (χ0n) is 10.6. The van der Waals surface area contributed by atoms with E-state index in [1.54, 1.807) is 36.7 Å². The predicted octanol–water partition coefficient (Wildman–Crippen LogP) is 2.55. The number of nitrogens with two attached hydrogens (primary N) is 1. The molecule has 0 saturated carbocycles. The van der Waals surface area contributed by atoms with Gasteiger partial charge in [-0.15, -0.1) is 0 Å². The number of amides is 2. The molecule has 1 atom stereocenters. The van der Waals surface area contributed by atoms with Gasteiger partial charge in [0.15, 0.2) is 0 Å². The molecule has 0 radical (unpaired) electrons. The molecule has 0 spiro atoms. The summed E-state index contributed by atoms with van der Waals surface area (Å²) in [6.07, 6.45) is 3.43. The average molecular weight is 256 g/mol. The van der Waals surface area contributed by atoms with Crippen molar-refractivity contribution in [2.45, 2.75) is 13.0 Å². The van der Waals surface area contributed by atoms with Gasteiger partial charge in [0.05, 0.1) is 6.04 Å². The summed E-state index contributed by atoms with van der Waals surface area (Å²) in [5.74, 6) is 0. The van der Waals surface area contributed by atoms with Crippen LogP contribution in [-0.2, 0) is 0 Å². The van der Waals surface area contributed by atoms with E-state index in [2.05, 4.69) is 15.6 Å². The maximum Gasteiger partial charge on any atom is 0.319 e. The van der Waals surface area contributed by atoms with E-state index in [4.69, 9.17) is 5.73 Å². The largest absolute Gasteiger partial charge is 0.399 e. The Bertz CT molecular complexity index is 556. The molecular formula is C14H16N4O. The zero-order valence-corrected chi connectivity index (χ0v) is 10.6. The Morgan fingerprint density at radius 3 is 2.84 bits per heavy atom. The molecule has 2 rings (SSSR count). The van der Waals surface area contributed by atoms with Gasteiger partial charge in [-0.25, -0.2) is 4.79 Å². The topological polar surface area (TPSA) is 80.0 Å². The summed E-state index contributed by atoms with van der Waals surface area (Å²) in [6.45, 7) is 1.90. The number of rotatable bonds is 3. The monoisotopic (exact) mass is 256 g/mol. The van der Waals surface area contributed by atoms with E-state index in [-0.39, 0.29) is 12.1 Å². The maximum absolute atomic E-state index is 11.8. The average Bonchev–Trinajstić information content (AvgIpc) is 2.39. The van der Waals surface area contributed by atoms with Gasteiger partial charge in [0.2, 0.25) is 0 Å². The van der Waals surface area contributed by atoms with Crippen LogP contribution in [0.3, 0.4) is 0 Å². The van der Waals surface area contributed by atoms with Gasteiger partial charge >= 0.3 is 6.03 Å². The molecule has 1 aromatic heterocycles. The van der Waals surface area contributed by atoms with Crippen LogP contribution in [0.15, 0.2) is 48.8 Å². The van der Waals surface area contributed by atoms with Crippen LogP contribution in [0, 0.1) is 0 Å². The fraction of sp³-hybridized carbons (Fsp3) is 0.143. The van der Waals surface area contributed by atoms with E-state index < -0.39 is 0 Å². The summed E-state index contributed by atoms with van der Waals surface area (Å²) in [4.78, 5) is 15.8. The molecule has 1 aromatic carbocycles. The number of nitrogens with one attached hydrogen (secondary N) is 2. The van der Waals surface area contributed by atoms with Crippen molar-refractivity contribution in [3.05, 3.63) is 54.4 Å². The molecular weight excluding hydrogens is 240 g/mol. The van der Waals surface area contributed by atoms with Gasteiger partial charge in [0, 0.05) is 23.8 Å². The molecule has 1 heterocycles. The van der Waals surface area contributed by atoms with E-state index in [1.807, 2.05) is 19.1 Å². The minimum absolute atomic E-state index is 0.116. The van der Waals surface area contributed by atoms with Crippen LogP contribution in [0.5, 0.6) is 0 Å². The minimum atomic E-state index is -0.276. The molecule has 4 N–H and O–H groups in total. The standard InChI is InChI=1S/C14H16N4O/c1-10(11-4-3-7-16-9-11)17-14(19)18-13-6-2-5-12(15)8-13/h2-10H,15H2,1H3,(H2,17,18,19). The van der Waals surface area contributed by atoms with E-state index in [1.165, 1.54) is 0 Å². The van der Waals surface area contributed by atoms with Crippen molar-refractivity contribution in [1.29, 1.82) is 0 Å². The number of hydrogen-bond donors (Lipinski definition) is 3. The van der Waals surface area contributed by atoms with E-state index in [9.17, 15) is 4.79 Å². The van der Waals surface area contributed by atoms with Gasteiger partial charge < -0.3 is 16.4 Å². The molecule has 5 heteroatoms. The van der Waals surface area contributed by atoms with Crippen LogP contribution in [0.4, 0.5) is 16.2 Å². The van der Waals surface area contributed by atoms with E-state index >= 15 is 0 Å². The molecule has 2 aromatic rings. The third kappa shape index (κ3) is 3.70. The highest BCUT2D eigenvalue weighted by Gasteiger charge is 2.09. The lowest BCUT2D eigenvalue weighted by molar-refractivity contribution is 0.249. The molecule has 0 aliphatic heterocycles. The van der Waals surface area contributed by atoms with Crippen molar-refractivity contribution in [1.82, 2.24) is 10.3 Å². The third-order valence-electron chi connectivity index (χ3n) is 2.68. The lowest BCUT2D eigenvalue weighted by Crippen LogP contribution is -2.31. The van der Waals surface area contributed by atoms with Crippen molar-refractivity contribution < 1.29 is 4.79 Å². The Labute approximate surface area is 111 Å². The first-order valence-electron chi connectivity index (χ1n) is 5.98. The van der Waals surface area contributed by atoms with Crippen molar-refractivity contribution in [2.24, 2.45) is 0 Å². The molecule has 98 valence electrons. The van der Waals surface area contributed by atoms with Crippen LogP contribution in [-0.4, -0.2) is 11.0 Å². The predicted molar refractivity (Wildman–Crippen MR) is 75.7 cm³/mol. The summed E-state index contributed by atoms with van der Waals surface area (Å²) >= 11 is 0. The van der Waals surface area contributed by atoms with Crippen LogP contribution in [0.2, 0.25) is 0 Å². The second kappa shape index (κ2) is 5.86. The number of anilines is 2. The third-order valence-corrected chi connectivity index (χ3v) is 2.68. The van der Waals surface area contributed by atoms with Crippen molar-refractivity contribution in [3.8, 4) is 0 Å². The zero-order chi connectivity index (χ0) is 13.7. The highest BCUT2D eigenvalue weighted by molar-refractivity contribution is 5.89. The van der Waals surface area contributed by atoms with Crippen molar-refractivity contribution in [2.75, 3.05) is 11.1 Å². The number of carbonyl (C=O) groups excluding carboxylic acids is 1. The Morgan fingerprint density at radius 2 is 2.16 bits per heavy atom. The summed E-state index contributed by atoms with van der Waals surface area (Å²) in [7, 11) is 0. The minimum Gasteiger partial charge on any atom is -0.399 e. The smallest absolute Gasteiger partial charge is 0.319 e. The molecule has 19 heavy (non-hydrogen) atoms. The van der Waals surface area contributed by atoms with Crippen LogP contribution in [0.25, 0.3) is 0 Å². The second-order valence-corrected chi connectivity index (χ2v) is 4.23. The normalized spacial score (nSPS) is 11.6. The number of nitrogens with zero attached hydrogens (tertiary/aromatic N) is 1. The lowest BCUT2D eigenvalue weighted by Gasteiger charge is -2.14. The van der Waals surface area contributed by atoms with E-state index in [0.29, 0.717) is 11.4 Å². The van der Waals surface area contributed by atoms with Crippen molar-refractivity contribution in [3.63, 3.8) is 0 Å². The number of carbonyl (C=O) groups is 1. The van der Waals surface area contributed by atoms with Gasteiger partial charge in [0.25, 0.3) is 0 Å². The Hall–Kier alpha value is -2.56. The fourth-order valence-corrected chi connectivity index (χ4v) is 1.70. The van der Waals surface area contributed by atoms with Gasteiger partial charge in [-0.2, -0.15) is 0 Å². The Kier molecular flexibility index (Phi) is 3.97. The number of urea groups is 1. The molecule has 1 unspecified atom stereocenters. The highest BCUT2D eigenvalue weighted by Crippen LogP contribution is 2.13. The molecule has 2 amide bonds. The summed E-state index contributed by atoms with van der Waals surface area (Å²) in [5.41, 5.74) is 7.87. The highest BCUT2D eigenvalue weighted by atomic mass is 16.2. The number of nitrogen functional groups attached to an aromatic ring is 1. The molecule has 0 fully saturated rings. The second-order valence-electron chi connectivity index (χ2n) is 4.23. The first kappa shape index (κ1) is 12.9. The number of benzene rings is 1. The lowest BCUT2D eigenvalue weighted by atomic mass is 10.1. The van der Waals surface area contributed by atoms with Gasteiger partial charge in [0.1, 0.15) is 0 Å².